The lowest BCUT2D eigenvalue weighted by atomic mass is 10.1. The number of ether oxygens (including phenoxy) is 1. The van der Waals surface area contributed by atoms with Crippen molar-refractivity contribution in [2.45, 2.75) is 37.3 Å². The zero-order chi connectivity index (χ0) is 13.2. The minimum absolute atomic E-state index is 0.329. The Morgan fingerprint density at radius 1 is 1.22 bits per heavy atom. The number of sulfonamides is 1. The van der Waals surface area contributed by atoms with E-state index >= 15 is 0 Å². The average molecular weight is 269 g/mol. The largest absolute Gasteiger partial charge is 0.365 e. The molecule has 0 saturated carbocycles. The lowest BCUT2D eigenvalue weighted by Gasteiger charge is -2.33. The van der Waals surface area contributed by atoms with Crippen LogP contribution in [0.15, 0.2) is 29.2 Å². The molecule has 0 amide bonds. The van der Waals surface area contributed by atoms with Crippen LogP contribution in [0.4, 0.5) is 0 Å². The van der Waals surface area contributed by atoms with Crippen LogP contribution in [0.25, 0.3) is 0 Å². The van der Waals surface area contributed by atoms with Gasteiger partial charge in [-0.1, -0.05) is 17.7 Å². The van der Waals surface area contributed by atoms with E-state index in [0.29, 0.717) is 11.4 Å². The van der Waals surface area contributed by atoms with Gasteiger partial charge in [-0.05, 0) is 38.3 Å². The molecule has 1 unspecified atom stereocenters. The van der Waals surface area contributed by atoms with Crippen LogP contribution in [0.5, 0.6) is 0 Å². The molecular formula is C13H19NO3S. The Bertz CT molecular complexity index is 495. The predicted molar refractivity (Wildman–Crippen MR) is 69.7 cm³/mol. The van der Waals surface area contributed by atoms with E-state index in [1.807, 2.05) is 19.1 Å². The lowest BCUT2D eigenvalue weighted by molar-refractivity contribution is -0.00792. The first-order chi connectivity index (χ1) is 8.55. The Hall–Kier alpha value is -0.910. The van der Waals surface area contributed by atoms with Crippen LogP contribution in [-0.4, -0.2) is 32.6 Å². The molecule has 5 heteroatoms. The van der Waals surface area contributed by atoms with Gasteiger partial charge in [0.1, 0.15) is 6.23 Å². The van der Waals surface area contributed by atoms with Crippen molar-refractivity contribution in [2.75, 3.05) is 13.7 Å². The molecule has 1 fully saturated rings. The van der Waals surface area contributed by atoms with Gasteiger partial charge in [-0.3, -0.25) is 0 Å². The number of methoxy groups -OCH3 is 1. The number of benzene rings is 1. The molecule has 1 saturated heterocycles. The summed E-state index contributed by atoms with van der Waals surface area (Å²) < 4.78 is 31.8. The van der Waals surface area contributed by atoms with Gasteiger partial charge in [-0.25, -0.2) is 8.42 Å². The standard InChI is InChI=1S/C13H19NO3S/c1-11-6-8-12(9-7-11)18(15,16)14-10-4-3-5-13(14)17-2/h6-9,13H,3-5,10H2,1-2H3. The maximum absolute atomic E-state index is 12.5. The highest BCUT2D eigenvalue weighted by Gasteiger charge is 2.33. The van der Waals surface area contributed by atoms with Crippen LogP contribution in [0.3, 0.4) is 0 Å². The van der Waals surface area contributed by atoms with Crippen molar-refractivity contribution in [2.24, 2.45) is 0 Å². The molecule has 0 aliphatic carbocycles. The molecule has 4 nitrogen and oxygen atoms in total. The Balaban J connectivity index is 2.32. The third-order valence-electron chi connectivity index (χ3n) is 3.30. The first-order valence-corrected chi connectivity index (χ1v) is 7.61. The predicted octanol–water partition coefficient (Wildman–Crippen LogP) is 2.14. The second kappa shape index (κ2) is 5.38. The van der Waals surface area contributed by atoms with Gasteiger partial charge in [0, 0.05) is 13.7 Å². The van der Waals surface area contributed by atoms with Crippen LogP contribution in [0.2, 0.25) is 0 Å². The van der Waals surface area contributed by atoms with Crippen molar-refractivity contribution in [1.82, 2.24) is 4.31 Å². The number of hydrogen-bond acceptors (Lipinski definition) is 3. The number of hydrogen-bond donors (Lipinski definition) is 0. The van der Waals surface area contributed by atoms with Crippen LogP contribution < -0.4 is 0 Å². The van der Waals surface area contributed by atoms with Gasteiger partial charge in [-0.15, -0.1) is 0 Å². The van der Waals surface area contributed by atoms with Crippen molar-refractivity contribution < 1.29 is 13.2 Å². The Labute approximate surface area is 109 Å². The van der Waals surface area contributed by atoms with Gasteiger partial charge in [0.25, 0.3) is 0 Å². The highest BCUT2D eigenvalue weighted by Crippen LogP contribution is 2.25. The zero-order valence-corrected chi connectivity index (χ0v) is 11.6. The molecule has 0 aromatic heterocycles. The molecule has 100 valence electrons. The molecule has 1 aromatic carbocycles. The fourth-order valence-corrected chi connectivity index (χ4v) is 3.85. The van der Waals surface area contributed by atoms with Gasteiger partial charge >= 0.3 is 0 Å². The summed E-state index contributed by atoms with van der Waals surface area (Å²) in [7, 11) is -1.87. The molecule has 0 bridgehead atoms. The topological polar surface area (TPSA) is 46.6 Å². The highest BCUT2D eigenvalue weighted by molar-refractivity contribution is 7.89. The Kier molecular flexibility index (Phi) is 4.04. The summed E-state index contributed by atoms with van der Waals surface area (Å²) in [4.78, 5) is 0.344. The Morgan fingerprint density at radius 2 is 1.89 bits per heavy atom. The first kappa shape index (κ1) is 13.5. The second-order valence-electron chi connectivity index (χ2n) is 4.61. The van der Waals surface area contributed by atoms with Crippen molar-refractivity contribution in [3.63, 3.8) is 0 Å². The third kappa shape index (κ3) is 2.58. The van der Waals surface area contributed by atoms with Gasteiger partial charge in [0.2, 0.25) is 10.0 Å². The summed E-state index contributed by atoms with van der Waals surface area (Å²) >= 11 is 0. The molecule has 1 heterocycles. The molecule has 18 heavy (non-hydrogen) atoms. The van der Waals surface area contributed by atoms with E-state index in [4.69, 9.17) is 4.74 Å². The maximum Gasteiger partial charge on any atom is 0.245 e. The quantitative estimate of drug-likeness (QED) is 0.844. The van der Waals surface area contributed by atoms with Crippen molar-refractivity contribution in [1.29, 1.82) is 0 Å². The molecule has 0 N–H and O–H groups in total. The van der Waals surface area contributed by atoms with E-state index in [0.717, 1.165) is 24.8 Å². The molecule has 0 spiro atoms. The normalized spacial score (nSPS) is 22.0. The number of piperidine rings is 1. The van der Waals surface area contributed by atoms with Gasteiger partial charge in [0.15, 0.2) is 0 Å². The minimum atomic E-state index is -3.43. The molecule has 0 radical (unpaired) electrons. The smallest absolute Gasteiger partial charge is 0.245 e. The van der Waals surface area contributed by atoms with Crippen LogP contribution in [-0.2, 0) is 14.8 Å². The van der Waals surface area contributed by atoms with Crippen LogP contribution >= 0.6 is 0 Å². The van der Waals surface area contributed by atoms with Crippen molar-refractivity contribution in [3.05, 3.63) is 29.8 Å². The second-order valence-corrected chi connectivity index (χ2v) is 6.51. The van der Waals surface area contributed by atoms with Crippen LogP contribution in [0.1, 0.15) is 24.8 Å². The summed E-state index contributed by atoms with van der Waals surface area (Å²) in [5.41, 5.74) is 1.05. The summed E-state index contributed by atoms with van der Waals surface area (Å²) in [6.45, 7) is 2.48. The third-order valence-corrected chi connectivity index (χ3v) is 5.20. The van der Waals surface area contributed by atoms with E-state index in [-0.39, 0.29) is 6.23 Å². The van der Waals surface area contributed by atoms with Gasteiger partial charge in [-0.2, -0.15) is 4.31 Å². The lowest BCUT2D eigenvalue weighted by Crippen LogP contribution is -2.44. The monoisotopic (exact) mass is 269 g/mol. The van der Waals surface area contributed by atoms with E-state index in [1.54, 1.807) is 19.2 Å². The fraction of sp³-hybridized carbons (Fsp3) is 0.538. The number of nitrogens with zero attached hydrogens (tertiary/aromatic N) is 1. The highest BCUT2D eigenvalue weighted by atomic mass is 32.2. The SMILES string of the molecule is COC1CCCCN1S(=O)(=O)c1ccc(C)cc1. The molecule has 1 aromatic rings. The molecule has 2 rings (SSSR count). The summed E-state index contributed by atoms with van der Waals surface area (Å²) in [5, 5.41) is 0. The Morgan fingerprint density at radius 3 is 2.50 bits per heavy atom. The maximum atomic E-state index is 12.5. The van der Waals surface area contributed by atoms with Crippen LogP contribution in [0, 0.1) is 6.92 Å². The summed E-state index contributed by atoms with van der Waals surface area (Å²) in [5.74, 6) is 0. The minimum Gasteiger partial charge on any atom is -0.365 e. The molecule has 1 atom stereocenters. The average Bonchev–Trinajstić information content (AvgIpc) is 2.39. The van der Waals surface area contributed by atoms with E-state index in [2.05, 4.69) is 0 Å². The van der Waals surface area contributed by atoms with Crippen molar-refractivity contribution in [3.8, 4) is 0 Å². The summed E-state index contributed by atoms with van der Waals surface area (Å²) in [6, 6.07) is 6.95. The van der Waals surface area contributed by atoms with E-state index in [1.165, 1.54) is 4.31 Å². The van der Waals surface area contributed by atoms with E-state index in [9.17, 15) is 8.42 Å². The molecule has 1 aliphatic heterocycles. The molecule has 1 aliphatic rings. The van der Waals surface area contributed by atoms with E-state index < -0.39 is 10.0 Å². The van der Waals surface area contributed by atoms with Crippen molar-refractivity contribution >= 4 is 10.0 Å². The molecular weight excluding hydrogens is 250 g/mol. The number of aryl methyl sites for hydroxylation is 1. The first-order valence-electron chi connectivity index (χ1n) is 6.17. The van der Waals surface area contributed by atoms with Gasteiger partial charge in [0.05, 0.1) is 4.90 Å². The zero-order valence-electron chi connectivity index (χ0n) is 10.8. The number of rotatable bonds is 3. The fourth-order valence-electron chi connectivity index (χ4n) is 2.23. The van der Waals surface area contributed by atoms with Gasteiger partial charge < -0.3 is 4.74 Å². The summed E-state index contributed by atoms with van der Waals surface area (Å²) in [6.07, 6.45) is 2.34.